The zero-order valence-corrected chi connectivity index (χ0v) is 9.30. The van der Waals surface area contributed by atoms with E-state index in [0.717, 1.165) is 29.6 Å². The van der Waals surface area contributed by atoms with Gasteiger partial charge in [0.2, 0.25) is 0 Å². The molecule has 12 heavy (non-hydrogen) atoms. The van der Waals surface area contributed by atoms with Gasteiger partial charge in [-0.05, 0) is 42.4 Å². The van der Waals surface area contributed by atoms with Crippen LogP contribution in [-0.4, -0.2) is 0 Å². The first-order valence-corrected chi connectivity index (χ1v) is 5.52. The van der Waals surface area contributed by atoms with Gasteiger partial charge in [-0.2, -0.15) is 0 Å². The molecule has 1 aliphatic carbocycles. The Hall–Kier alpha value is 0. The SMILES string of the molecule is CC1CC(C)C(C(C)C)C(C)C1. The third kappa shape index (κ3) is 2.02. The van der Waals surface area contributed by atoms with Crippen molar-refractivity contribution >= 4 is 0 Å². The zero-order chi connectivity index (χ0) is 9.30. The minimum Gasteiger partial charge on any atom is -0.0625 e. The Kier molecular flexibility index (Phi) is 3.20. The second kappa shape index (κ2) is 3.81. The van der Waals surface area contributed by atoms with Crippen LogP contribution in [0.5, 0.6) is 0 Å². The maximum Gasteiger partial charge on any atom is -0.0339 e. The van der Waals surface area contributed by atoms with Gasteiger partial charge in [0.15, 0.2) is 0 Å². The van der Waals surface area contributed by atoms with Crippen molar-refractivity contribution in [2.24, 2.45) is 29.6 Å². The third-order valence-electron chi connectivity index (χ3n) is 3.63. The normalized spacial score (nSPS) is 43.5. The molecule has 0 nitrogen and oxygen atoms in total. The van der Waals surface area contributed by atoms with Crippen LogP contribution in [0.2, 0.25) is 0 Å². The van der Waals surface area contributed by atoms with E-state index in [2.05, 4.69) is 34.6 Å². The quantitative estimate of drug-likeness (QED) is 0.556. The summed E-state index contributed by atoms with van der Waals surface area (Å²) in [5, 5.41) is 0. The second-order valence-corrected chi connectivity index (χ2v) is 5.35. The van der Waals surface area contributed by atoms with Crippen LogP contribution in [0.15, 0.2) is 0 Å². The Morgan fingerprint density at radius 3 is 1.67 bits per heavy atom. The minimum absolute atomic E-state index is 0.877. The molecule has 1 fully saturated rings. The molecule has 72 valence electrons. The van der Waals surface area contributed by atoms with Crippen LogP contribution in [0, 0.1) is 29.6 Å². The molecule has 0 radical (unpaired) electrons. The van der Waals surface area contributed by atoms with Gasteiger partial charge in [-0.15, -0.1) is 0 Å². The Balaban J connectivity index is 2.60. The number of hydrogen-bond acceptors (Lipinski definition) is 0. The van der Waals surface area contributed by atoms with Gasteiger partial charge >= 0.3 is 0 Å². The summed E-state index contributed by atoms with van der Waals surface area (Å²) in [5.74, 6) is 4.71. The maximum absolute atomic E-state index is 2.44. The number of hydrogen-bond donors (Lipinski definition) is 0. The van der Waals surface area contributed by atoms with Crippen LogP contribution in [0.25, 0.3) is 0 Å². The third-order valence-corrected chi connectivity index (χ3v) is 3.63. The van der Waals surface area contributed by atoms with Gasteiger partial charge in [0.25, 0.3) is 0 Å². The summed E-state index contributed by atoms with van der Waals surface area (Å²) >= 11 is 0. The van der Waals surface area contributed by atoms with E-state index in [9.17, 15) is 0 Å². The van der Waals surface area contributed by atoms with Gasteiger partial charge in [0, 0.05) is 0 Å². The largest absolute Gasteiger partial charge is 0.0625 e. The Labute approximate surface area is 77.7 Å². The molecule has 0 aromatic carbocycles. The lowest BCUT2D eigenvalue weighted by molar-refractivity contribution is 0.0956. The van der Waals surface area contributed by atoms with Crippen LogP contribution in [0.4, 0.5) is 0 Å². The Morgan fingerprint density at radius 2 is 1.33 bits per heavy atom. The second-order valence-electron chi connectivity index (χ2n) is 5.35. The standard InChI is InChI=1S/C12H24/c1-8(2)12-10(4)6-9(3)7-11(12)5/h8-12H,6-7H2,1-5H3. The molecule has 2 unspecified atom stereocenters. The van der Waals surface area contributed by atoms with Crippen LogP contribution >= 0.6 is 0 Å². The highest BCUT2D eigenvalue weighted by Gasteiger charge is 2.32. The van der Waals surface area contributed by atoms with Crippen molar-refractivity contribution in [1.29, 1.82) is 0 Å². The van der Waals surface area contributed by atoms with Gasteiger partial charge < -0.3 is 0 Å². The lowest BCUT2D eigenvalue weighted by Gasteiger charge is -2.40. The van der Waals surface area contributed by atoms with Crippen LogP contribution < -0.4 is 0 Å². The molecule has 0 saturated heterocycles. The highest BCUT2D eigenvalue weighted by atomic mass is 14.4. The predicted molar refractivity (Wildman–Crippen MR) is 55.1 cm³/mol. The first-order chi connectivity index (χ1) is 5.52. The summed E-state index contributed by atoms with van der Waals surface area (Å²) in [6.07, 6.45) is 2.90. The predicted octanol–water partition coefficient (Wildman–Crippen LogP) is 3.96. The van der Waals surface area contributed by atoms with Gasteiger partial charge in [-0.25, -0.2) is 0 Å². The topological polar surface area (TPSA) is 0 Å². The van der Waals surface area contributed by atoms with E-state index >= 15 is 0 Å². The van der Waals surface area contributed by atoms with Crippen LogP contribution in [-0.2, 0) is 0 Å². The van der Waals surface area contributed by atoms with Crippen molar-refractivity contribution in [3.8, 4) is 0 Å². The molecule has 0 aromatic rings. The first kappa shape index (κ1) is 10.1. The van der Waals surface area contributed by atoms with E-state index < -0.39 is 0 Å². The molecule has 0 aliphatic heterocycles. The average molecular weight is 168 g/mol. The van der Waals surface area contributed by atoms with E-state index in [1.807, 2.05) is 0 Å². The highest BCUT2D eigenvalue weighted by Crippen LogP contribution is 2.41. The van der Waals surface area contributed by atoms with Gasteiger partial charge in [0.05, 0.1) is 0 Å². The highest BCUT2D eigenvalue weighted by molar-refractivity contribution is 4.82. The molecule has 1 aliphatic rings. The molecule has 0 bridgehead atoms. The van der Waals surface area contributed by atoms with Crippen molar-refractivity contribution in [2.45, 2.75) is 47.5 Å². The average Bonchev–Trinajstić information content (AvgIpc) is 1.82. The molecule has 0 heterocycles. The van der Waals surface area contributed by atoms with E-state index in [-0.39, 0.29) is 0 Å². The molecule has 1 rings (SSSR count). The molecule has 2 atom stereocenters. The smallest absolute Gasteiger partial charge is 0.0339 e. The summed E-state index contributed by atoms with van der Waals surface area (Å²) in [4.78, 5) is 0. The van der Waals surface area contributed by atoms with Gasteiger partial charge in [0.1, 0.15) is 0 Å². The van der Waals surface area contributed by atoms with Crippen molar-refractivity contribution in [2.75, 3.05) is 0 Å². The fourth-order valence-electron chi connectivity index (χ4n) is 3.55. The molecular formula is C12H24. The summed E-state index contributed by atoms with van der Waals surface area (Å²) in [5.41, 5.74) is 0. The summed E-state index contributed by atoms with van der Waals surface area (Å²) in [7, 11) is 0. The Morgan fingerprint density at radius 1 is 0.917 bits per heavy atom. The molecular weight excluding hydrogens is 144 g/mol. The first-order valence-electron chi connectivity index (χ1n) is 5.52. The Bertz CT molecular complexity index is 125. The van der Waals surface area contributed by atoms with Crippen molar-refractivity contribution < 1.29 is 0 Å². The zero-order valence-electron chi connectivity index (χ0n) is 9.30. The van der Waals surface area contributed by atoms with Gasteiger partial charge in [-0.1, -0.05) is 34.6 Å². The van der Waals surface area contributed by atoms with Crippen LogP contribution in [0.1, 0.15) is 47.5 Å². The monoisotopic (exact) mass is 168 g/mol. The summed E-state index contributed by atoms with van der Waals surface area (Å²) in [6.45, 7) is 12.1. The van der Waals surface area contributed by atoms with E-state index in [4.69, 9.17) is 0 Å². The number of rotatable bonds is 1. The molecule has 0 spiro atoms. The minimum atomic E-state index is 0.877. The van der Waals surface area contributed by atoms with E-state index in [1.54, 1.807) is 0 Å². The van der Waals surface area contributed by atoms with Crippen molar-refractivity contribution in [3.63, 3.8) is 0 Å². The fourth-order valence-corrected chi connectivity index (χ4v) is 3.55. The van der Waals surface area contributed by atoms with Gasteiger partial charge in [-0.3, -0.25) is 0 Å². The lowest BCUT2D eigenvalue weighted by atomic mass is 9.65. The fraction of sp³-hybridized carbons (Fsp3) is 1.00. The molecule has 1 saturated carbocycles. The lowest BCUT2D eigenvalue weighted by Crippen LogP contribution is -2.32. The van der Waals surface area contributed by atoms with Crippen molar-refractivity contribution in [3.05, 3.63) is 0 Å². The van der Waals surface area contributed by atoms with E-state index in [0.29, 0.717) is 0 Å². The summed E-state index contributed by atoms with van der Waals surface area (Å²) < 4.78 is 0. The molecule has 0 heteroatoms. The van der Waals surface area contributed by atoms with Crippen molar-refractivity contribution in [1.82, 2.24) is 0 Å². The summed E-state index contributed by atoms with van der Waals surface area (Å²) in [6, 6.07) is 0. The van der Waals surface area contributed by atoms with E-state index in [1.165, 1.54) is 12.8 Å². The van der Waals surface area contributed by atoms with Crippen LogP contribution in [0.3, 0.4) is 0 Å². The molecule has 0 aromatic heterocycles. The maximum atomic E-state index is 2.44. The molecule has 0 N–H and O–H groups in total. The molecule has 0 amide bonds.